The van der Waals surface area contributed by atoms with Crippen molar-refractivity contribution in [2.45, 2.75) is 32.9 Å². The smallest absolute Gasteiger partial charge is 0.282 e. The van der Waals surface area contributed by atoms with Gasteiger partial charge in [0.05, 0.1) is 17.8 Å². The van der Waals surface area contributed by atoms with Gasteiger partial charge in [0.2, 0.25) is 0 Å². The molecule has 1 aromatic rings. The van der Waals surface area contributed by atoms with Crippen LogP contribution in [0.2, 0.25) is 0 Å². The predicted molar refractivity (Wildman–Crippen MR) is 79.8 cm³/mol. The Morgan fingerprint density at radius 2 is 2.00 bits per heavy atom. The van der Waals surface area contributed by atoms with E-state index < -0.39 is 11.2 Å². The highest BCUT2D eigenvalue weighted by Crippen LogP contribution is 2.14. The first-order valence-electron chi connectivity index (χ1n) is 6.22. The maximum atomic E-state index is 12.3. The highest BCUT2D eigenvalue weighted by atomic mass is 16.3. The van der Waals surface area contributed by atoms with E-state index in [4.69, 9.17) is 0 Å². The average Bonchev–Trinajstić information content (AvgIpc) is 2.57. The van der Waals surface area contributed by atoms with Gasteiger partial charge in [-0.3, -0.25) is 14.3 Å². The molecule has 20 heavy (non-hydrogen) atoms. The van der Waals surface area contributed by atoms with Crippen molar-refractivity contribution in [1.82, 2.24) is 9.36 Å². The summed E-state index contributed by atoms with van der Waals surface area (Å²) in [7, 11) is 0. The lowest BCUT2D eigenvalue weighted by Crippen LogP contribution is -2.32. The fourth-order valence-electron chi connectivity index (χ4n) is 1.96. The predicted octanol–water partition coefficient (Wildman–Crippen LogP) is 1.75. The van der Waals surface area contributed by atoms with Gasteiger partial charge < -0.3 is 5.11 Å². The van der Waals surface area contributed by atoms with Crippen LogP contribution in [0.15, 0.2) is 36.2 Å². The minimum absolute atomic E-state index is 0.0751. The Labute approximate surface area is 118 Å². The highest BCUT2D eigenvalue weighted by Gasteiger charge is 2.22. The minimum atomic E-state index is -1.03. The minimum Gasteiger partial charge on any atom is -0.389 e. The molecule has 0 aliphatic heterocycles. The fraction of sp³-hybridized carbons (Fsp3) is 0.333. The van der Waals surface area contributed by atoms with Gasteiger partial charge in [-0.05, 0) is 32.9 Å². The quantitative estimate of drug-likeness (QED) is 0.636. The largest absolute Gasteiger partial charge is 0.389 e. The molecule has 108 valence electrons. The standard InChI is InChI=1S/C15H20N2O3/c1-6-8-12(7-2)17-14(19)13(9-18)11(3)16(17)10-15(4,5)20/h6-9,20H,1-2,10H2,3-5H3/b12-8+. The second kappa shape index (κ2) is 5.88. The van der Waals surface area contributed by atoms with Crippen molar-refractivity contribution >= 4 is 12.0 Å². The Morgan fingerprint density at radius 1 is 1.40 bits per heavy atom. The molecule has 5 heteroatoms. The van der Waals surface area contributed by atoms with Crippen LogP contribution in [0.25, 0.3) is 5.70 Å². The van der Waals surface area contributed by atoms with Gasteiger partial charge in [-0.15, -0.1) is 0 Å². The van der Waals surface area contributed by atoms with Crippen molar-refractivity contribution in [2.75, 3.05) is 0 Å². The molecule has 1 heterocycles. The Kier molecular flexibility index (Phi) is 4.68. The molecule has 0 amide bonds. The summed E-state index contributed by atoms with van der Waals surface area (Å²) in [6, 6.07) is 0. The molecule has 1 aromatic heterocycles. The lowest BCUT2D eigenvalue weighted by molar-refractivity contribution is 0.0549. The zero-order valence-electron chi connectivity index (χ0n) is 12.1. The molecule has 0 spiro atoms. The molecular formula is C15H20N2O3. The first-order valence-corrected chi connectivity index (χ1v) is 6.22. The number of carbonyl (C=O) groups excluding carboxylic acids is 1. The number of aldehydes is 1. The van der Waals surface area contributed by atoms with Crippen molar-refractivity contribution in [1.29, 1.82) is 0 Å². The first-order chi connectivity index (χ1) is 9.26. The summed E-state index contributed by atoms with van der Waals surface area (Å²) < 4.78 is 2.90. The lowest BCUT2D eigenvalue weighted by Gasteiger charge is -2.22. The number of aromatic nitrogens is 2. The topological polar surface area (TPSA) is 64.2 Å². The third-order valence-electron chi connectivity index (χ3n) is 2.84. The fourth-order valence-corrected chi connectivity index (χ4v) is 1.96. The summed E-state index contributed by atoms with van der Waals surface area (Å²) in [5, 5.41) is 9.99. The molecule has 0 bridgehead atoms. The molecule has 0 aliphatic rings. The number of aliphatic hydroxyl groups is 1. The molecule has 0 unspecified atom stereocenters. The average molecular weight is 276 g/mol. The maximum Gasteiger partial charge on any atom is 0.282 e. The van der Waals surface area contributed by atoms with Crippen molar-refractivity contribution in [3.8, 4) is 0 Å². The van der Waals surface area contributed by atoms with E-state index in [0.29, 0.717) is 17.7 Å². The number of rotatable bonds is 6. The summed E-state index contributed by atoms with van der Waals surface area (Å²) in [5.74, 6) is 0. The van der Waals surface area contributed by atoms with Crippen molar-refractivity contribution < 1.29 is 9.90 Å². The van der Waals surface area contributed by atoms with E-state index in [1.165, 1.54) is 16.8 Å². The van der Waals surface area contributed by atoms with Gasteiger partial charge in [-0.25, -0.2) is 4.68 Å². The summed E-state index contributed by atoms with van der Waals surface area (Å²) in [6.07, 6.45) is 5.17. The van der Waals surface area contributed by atoms with Gasteiger partial charge in [0.1, 0.15) is 5.56 Å². The SMILES string of the molecule is C=C/C=C(\C=C)n1c(=O)c(C=O)c(C)n1CC(C)(C)O. The lowest BCUT2D eigenvalue weighted by atomic mass is 10.1. The Balaban J connectivity index is 3.68. The second-order valence-electron chi connectivity index (χ2n) is 5.14. The van der Waals surface area contributed by atoms with Crippen LogP contribution in [0.4, 0.5) is 0 Å². The van der Waals surface area contributed by atoms with E-state index in [1.54, 1.807) is 31.5 Å². The molecule has 0 fully saturated rings. The van der Waals surface area contributed by atoms with E-state index in [-0.39, 0.29) is 12.1 Å². The van der Waals surface area contributed by atoms with Crippen LogP contribution < -0.4 is 5.56 Å². The number of allylic oxidation sites excluding steroid dienone is 4. The van der Waals surface area contributed by atoms with E-state index in [1.807, 2.05) is 0 Å². The van der Waals surface area contributed by atoms with Crippen molar-refractivity contribution in [2.24, 2.45) is 0 Å². The van der Waals surface area contributed by atoms with E-state index >= 15 is 0 Å². The van der Waals surface area contributed by atoms with E-state index in [2.05, 4.69) is 13.2 Å². The van der Waals surface area contributed by atoms with Gasteiger partial charge in [0.15, 0.2) is 6.29 Å². The second-order valence-corrected chi connectivity index (χ2v) is 5.14. The summed E-state index contributed by atoms with van der Waals surface area (Å²) in [5.41, 5.74) is -0.395. The number of carbonyl (C=O) groups is 1. The van der Waals surface area contributed by atoms with Gasteiger partial charge in [-0.1, -0.05) is 19.2 Å². The molecule has 0 radical (unpaired) electrons. The van der Waals surface area contributed by atoms with Gasteiger partial charge >= 0.3 is 0 Å². The van der Waals surface area contributed by atoms with Gasteiger partial charge in [0, 0.05) is 5.69 Å². The van der Waals surface area contributed by atoms with Crippen LogP contribution in [-0.2, 0) is 6.54 Å². The number of hydrogen-bond donors (Lipinski definition) is 1. The molecule has 0 saturated heterocycles. The Morgan fingerprint density at radius 3 is 2.40 bits per heavy atom. The third kappa shape index (κ3) is 3.05. The van der Waals surface area contributed by atoms with Crippen LogP contribution >= 0.6 is 0 Å². The first kappa shape index (κ1) is 15.9. The number of nitrogens with zero attached hydrogens (tertiary/aromatic N) is 2. The van der Waals surface area contributed by atoms with Crippen LogP contribution in [0.3, 0.4) is 0 Å². The van der Waals surface area contributed by atoms with Crippen LogP contribution in [-0.4, -0.2) is 26.4 Å². The monoisotopic (exact) mass is 276 g/mol. The molecule has 5 nitrogen and oxygen atoms in total. The highest BCUT2D eigenvalue weighted by molar-refractivity contribution is 5.76. The zero-order valence-corrected chi connectivity index (χ0v) is 12.1. The van der Waals surface area contributed by atoms with Crippen molar-refractivity contribution in [3.63, 3.8) is 0 Å². The van der Waals surface area contributed by atoms with E-state index in [9.17, 15) is 14.7 Å². The molecule has 0 aliphatic carbocycles. The molecule has 1 N–H and O–H groups in total. The van der Waals surface area contributed by atoms with Crippen LogP contribution in [0, 0.1) is 6.92 Å². The van der Waals surface area contributed by atoms with Crippen LogP contribution in [0.1, 0.15) is 29.9 Å². The molecule has 1 rings (SSSR count). The normalized spacial score (nSPS) is 12.3. The molecule has 0 aromatic carbocycles. The Bertz CT molecular complexity index is 625. The van der Waals surface area contributed by atoms with E-state index in [0.717, 1.165) is 0 Å². The number of hydrogen-bond acceptors (Lipinski definition) is 3. The zero-order chi connectivity index (χ0) is 15.5. The summed E-state index contributed by atoms with van der Waals surface area (Å²) in [6.45, 7) is 12.4. The van der Waals surface area contributed by atoms with Crippen LogP contribution in [0.5, 0.6) is 0 Å². The molecular weight excluding hydrogens is 256 g/mol. The molecule has 0 atom stereocenters. The van der Waals surface area contributed by atoms with Gasteiger partial charge in [-0.2, -0.15) is 0 Å². The van der Waals surface area contributed by atoms with Gasteiger partial charge in [0.25, 0.3) is 5.56 Å². The molecule has 0 saturated carbocycles. The Hall–Kier alpha value is -2.14. The maximum absolute atomic E-state index is 12.3. The van der Waals surface area contributed by atoms with Crippen molar-refractivity contribution in [3.05, 3.63) is 53.0 Å². The summed E-state index contributed by atoms with van der Waals surface area (Å²) in [4.78, 5) is 23.4. The summed E-state index contributed by atoms with van der Waals surface area (Å²) >= 11 is 0. The third-order valence-corrected chi connectivity index (χ3v) is 2.84.